The number of methoxy groups -OCH3 is 1. The number of sulfone groups is 1. The highest BCUT2D eigenvalue weighted by Crippen LogP contribution is 2.27. The van der Waals surface area contributed by atoms with E-state index in [2.05, 4.69) is 5.32 Å². The Morgan fingerprint density at radius 3 is 2.16 bits per heavy atom. The Bertz CT molecular complexity index is 515. The zero-order chi connectivity index (χ0) is 14.6. The van der Waals surface area contributed by atoms with Gasteiger partial charge in [0.05, 0.1) is 12.9 Å². The van der Waals surface area contributed by atoms with Crippen molar-refractivity contribution in [2.75, 3.05) is 25.7 Å². The van der Waals surface area contributed by atoms with Crippen LogP contribution < -0.4 is 10.1 Å². The molecule has 1 aromatic carbocycles. The molecule has 0 aliphatic carbocycles. The maximum atomic E-state index is 11.5. The number of aryl methyl sites for hydroxylation is 2. The van der Waals surface area contributed by atoms with Gasteiger partial charge in [-0.15, -0.1) is 0 Å². The predicted molar refractivity (Wildman–Crippen MR) is 78.6 cm³/mol. The Morgan fingerprint density at radius 1 is 1.26 bits per heavy atom. The molecule has 0 bridgehead atoms. The summed E-state index contributed by atoms with van der Waals surface area (Å²) in [6.07, 6.45) is 1.26. The Morgan fingerprint density at radius 2 is 1.79 bits per heavy atom. The highest BCUT2D eigenvalue weighted by Gasteiger charge is 2.18. The second-order valence-corrected chi connectivity index (χ2v) is 7.08. The van der Waals surface area contributed by atoms with Crippen LogP contribution in [0.5, 0.6) is 5.75 Å². The second kappa shape index (κ2) is 6.39. The van der Waals surface area contributed by atoms with Crippen LogP contribution in [0.3, 0.4) is 0 Å². The number of benzene rings is 1. The third-order valence-corrected chi connectivity index (χ3v) is 3.95. The van der Waals surface area contributed by atoms with Gasteiger partial charge in [-0.1, -0.05) is 19.1 Å². The van der Waals surface area contributed by atoms with Crippen LogP contribution in [0, 0.1) is 13.8 Å². The van der Waals surface area contributed by atoms with Gasteiger partial charge in [-0.05, 0) is 37.1 Å². The topological polar surface area (TPSA) is 55.4 Å². The summed E-state index contributed by atoms with van der Waals surface area (Å²) in [6, 6.07) is 3.80. The third-order valence-electron chi connectivity index (χ3n) is 3.01. The first-order chi connectivity index (χ1) is 8.78. The van der Waals surface area contributed by atoms with Gasteiger partial charge < -0.3 is 10.1 Å². The van der Waals surface area contributed by atoms with Crippen LogP contribution in [0.15, 0.2) is 12.1 Å². The number of hydrogen-bond donors (Lipinski definition) is 1. The first-order valence-corrected chi connectivity index (χ1v) is 8.40. The van der Waals surface area contributed by atoms with Gasteiger partial charge in [0.25, 0.3) is 0 Å². The van der Waals surface area contributed by atoms with Gasteiger partial charge in [-0.25, -0.2) is 8.42 Å². The summed E-state index contributed by atoms with van der Waals surface area (Å²) in [6.45, 7) is 6.64. The molecule has 0 aromatic heterocycles. The van der Waals surface area contributed by atoms with E-state index in [1.54, 1.807) is 7.11 Å². The van der Waals surface area contributed by atoms with Crippen molar-refractivity contribution in [3.63, 3.8) is 0 Å². The molecular weight excluding hydrogens is 262 g/mol. The molecule has 0 aliphatic heterocycles. The fourth-order valence-electron chi connectivity index (χ4n) is 2.33. The molecule has 0 radical (unpaired) electrons. The molecule has 0 fully saturated rings. The van der Waals surface area contributed by atoms with Crippen molar-refractivity contribution in [2.45, 2.75) is 26.8 Å². The molecule has 108 valence electrons. The molecule has 1 unspecified atom stereocenters. The molecule has 1 aromatic rings. The minimum atomic E-state index is -3.03. The zero-order valence-corrected chi connectivity index (χ0v) is 13.1. The smallest absolute Gasteiger partial charge is 0.149 e. The zero-order valence-electron chi connectivity index (χ0n) is 12.3. The molecule has 1 atom stereocenters. The molecule has 4 nitrogen and oxygen atoms in total. The fourth-order valence-corrected chi connectivity index (χ4v) is 3.24. The molecule has 0 saturated carbocycles. The molecule has 5 heteroatoms. The van der Waals surface area contributed by atoms with Crippen molar-refractivity contribution in [2.24, 2.45) is 0 Å². The Kier molecular flexibility index (Phi) is 5.38. The molecule has 1 rings (SSSR count). The van der Waals surface area contributed by atoms with Crippen LogP contribution >= 0.6 is 0 Å². The highest BCUT2D eigenvalue weighted by molar-refractivity contribution is 7.90. The van der Waals surface area contributed by atoms with Crippen molar-refractivity contribution in [3.05, 3.63) is 28.8 Å². The minimum Gasteiger partial charge on any atom is -0.496 e. The van der Waals surface area contributed by atoms with Crippen molar-refractivity contribution in [1.29, 1.82) is 0 Å². The van der Waals surface area contributed by atoms with E-state index in [-0.39, 0.29) is 11.8 Å². The van der Waals surface area contributed by atoms with Crippen molar-refractivity contribution in [3.8, 4) is 5.75 Å². The summed E-state index contributed by atoms with van der Waals surface area (Å²) >= 11 is 0. The maximum Gasteiger partial charge on any atom is 0.149 e. The van der Waals surface area contributed by atoms with Crippen LogP contribution in [0.1, 0.15) is 29.7 Å². The van der Waals surface area contributed by atoms with E-state index in [4.69, 9.17) is 4.74 Å². The van der Waals surface area contributed by atoms with Gasteiger partial charge in [0.1, 0.15) is 15.6 Å². The molecule has 19 heavy (non-hydrogen) atoms. The van der Waals surface area contributed by atoms with Crippen molar-refractivity contribution < 1.29 is 13.2 Å². The van der Waals surface area contributed by atoms with Crippen LogP contribution in [0.2, 0.25) is 0 Å². The summed E-state index contributed by atoms with van der Waals surface area (Å²) in [5.74, 6) is 0.963. The maximum absolute atomic E-state index is 11.5. The number of rotatable bonds is 6. The van der Waals surface area contributed by atoms with Crippen LogP contribution in [-0.4, -0.2) is 34.1 Å². The monoisotopic (exact) mass is 285 g/mol. The number of nitrogens with one attached hydrogen (secondary N) is 1. The van der Waals surface area contributed by atoms with Crippen molar-refractivity contribution in [1.82, 2.24) is 5.32 Å². The van der Waals surface area contributed by atoms with E-state index in [1.807, 2.05) is 32.9 Å². The predicted octanol–water partition coefficient (Wildman–Crippen LogP) is 2.01. The quantitative estimate of drug-likeness (QED) is 0.868. The Labute approximate surface area is 116 Å². The number of ether oxygens (including phenoxy) is 1. The highest BCUT2D eigenvalue weighted by atomic mass is 32.2. The lowest BCUT2D eigenvalue weighted by Gasteiger charge is -2.20. The van der Waals surface area contributed by atoms with Crippen LogP contribution in [0.4, 0.5) is 0 Å². The standard InChI is InChI=1S/C14H23NO3S/c1-6-15-13(9-19(5,16)17)12-7-10(2)14(18-4)11(3)8-12/h7-8,13,15H,6,9H2,1-5H3. The molecule has 1 N–H and O–H groups in total. The lowest BCUT2D eigenvalue weighted by molar-refractivity contribution is 0.408. The van der Waals surface area contributed by atoms with Gasteiger partial charge in [-0.3, -0.25) is 0 Å². The van der Waals surface area contributed by atoms with Gasteiger partial charge in [0, 0.05) is 12.3 Å². The average Bonchev–Trinajstić information content (AvgIpc) is 2.26. The Balaban J connectivity index is 3.16. The largest absolute Gasteiger partial charge is 0.496 e. The van der Waals surface area contributed by atoms with Crippen LogP contribution in [-0.2, 0) is 9.84 Å². The fraction of sp³-hybridized carbons (Fsp3) is 0.571. The molecule has 0 amide bonds. The SMILES string of the molecule is CCNC(CS(C)(=O)=O)c1cc(C)c(OC)c(C)c1. The molecule has 0 aliphatic rings. The summed E-state index contributed by atoms with van der Waals surface area (Å²) in [5.41, 5.74) is 3.03. The van der Waals surface area contributed by atoms with E-state index in [0.29, 0.717) is 0 Å². The summed E-state index contributed by atoms with van der Waals surface area (Å²) in [7, 11) is -1.38. The van der Waals surface area contributed by atoms with E-state index in [9.17, 15) is 8.42 Å². The van der Waals surface area contributed by atoms with Gasteiger partial charge in [-0.2, -0.15) is 0 Å². The number of hydrogen-bond acceptors (Lipinski definition) is 4. The summed E-state index contributed by atoms with van der Waals surface area (Å²) in [4.78, 5) is 0. The average molecular weight is 285 g/mol. The normalized spacial score (nSPS) is 13.3. The van der Waals surface area contributed by atoms with Crippen LogP contribution in [0.25, 0.3) is 0 Å². The lowest BCUT2D eigenvalue weighted by atomic mass is 10.0. The lowest BCUT2D eigenvalue weighted by Crippen LogP contribution is -2.27. The molecular formula is C14H23NO3S. The first kappa shape index (κ1) is 16.0. The summed E-state index contributed by atoms with van der Waals surface area (Å²) < 4.78 is 28.4. The Hall–Kier alpha value is -1.07. The van der Waals surface area contributed by atoms with E-state index in [1.165, 1.54) is 6.26 Å². The van der Waals surface area contributed by atoms with E-state index < -0.39 is 9.84 Å². The second-order valence-electron chi connectivity index (χ2n) is 4.89. The molecule has 0 heterocycles. The van der Waals surface area contributed by atoms with E-state index in [0.717, 1.165) is 29.0 Å². The van der Waals surface area contributed by atoms with Gasteiger partial charge in [0.15, 0.2) is 0 Å². The molecule has 0 spiro atoms. The van der Waals surface area contributed by atoms with E-state index >= 15 is 0 Å². The van der Waals surface area contributed by atoms with Crippen molar-refractivity contribution >= 4 is 9.84 Å². The third kappa shape index (κ3) is 4.51. The minimum absolute atomic E-state index is 0.103. The van der Waals surface area contributed by atoms with Gasteiger partial charge >= 0.3 is 0 Å². The summed E-state index contributed by atoms with van der Waals surface area (Å²) in [5, 5.41) is 3.23. The first-order valence-electron chi connectivity index (χ1n) is 6.34. The molecule has 0 saturated heterocycles. The van der Waals surface area contributed by atoms with Gasteiger partial charge in [0.2, 0.25) is 0 Å².